The van der Waals surface area contributed by atoms with Crippen molar-refractivity contribution >= 4 is 0 Å². The van der Waals surface area contributed by atoms with Crippen molar-refractivity contribution < 1.29 is 4.39 Å². The number of nitrogens with one attached hydrogen (secondary N) is 2. The van der Waals surface area contributed by atoms with E-state index in [-0.39, 0.29) is 5.82 Å². The van der Waals surface area contributed by atoms with Gasteiger partial charge in [-0.05, 0) is 6.07 Å². The number of halogens is 1. The number of hydrogen-bond donors (Lipinski definition) is 3. The van der Waals surface area contributed by atoms with E-state index in [0.717, 1.165) is 0 Å². The van der Waals surface area contributed by atoms with Gasteiger partial charge in [-0.25, -0.2) is 9.82 Å². The van der Waals surface area contributed by atoms with Crippen molar-refractivity contribution in [3.63, 3.8) is 0 Å². The molecule has 0 aliphatic rings. The molecule has 0 radical (unpaired) electrons. The number of hydrazine groups is 1. The lowest BCUT2D eigenvalue weighted by molar-refractivity contribution is 0.564. The maximum absolute atomic E-state index is 12.9. The first kappa shape index (κ1) is 9.12. The molecule has 0 saturated carbocycles. The number of nitrogens with two attached hydrogens (primary N) is 1. The molecule has 0 amide bonds. The van der Waals surface area contributed by atoms with Crippen LogP contribution in [0.15, 0.2) is 24.3 Å². The van der Waals surface area contributed by atoms with Crippen LogP contribution in [0.1, 0.15) is 5.56 Å². The molecule has 66 valence electrons. The van der Waals surface area contributed by atoms with Crippen molar-refractivity contribution in [2.24, 2.45) is 5.84 Å². The Bertz CT molecular complexity index is 239. The van der Waals surface area contributed by atoms with E-state index in [1.165, 1.54) is 6.07 Å². The van der Waals surface area contributed by atoms with Crippen LogP contribution >= 0.6 is 0 Å². The van der Waals surface area contributed by atoms with E-state index in [9.17, 15) is 4.39 Å². The average Bonchev–Trinajstić information content (AvgIpc) is 2.09. The van der Waals surface area contributed by atoms with Gasteiger partial charge in [0, 0.05) is 12.1 Å². The summed E-state index contributed by atoms with van der Waals surface area (Å²) in [4.78, 5) is 0. The van der Waals surface area contributed by atoms with E-state index in [1.807, 2.05) is 0 Å². The Kier molecular flexibility index (Phi) is 3.66. The molecule has 3 nitrogen and oxygen atoms in total. The molecule has 0 fully saturated rings. The van der Waals surface area contributed by atoms with Crippen LogP contribution in [0.25, 0.3) is 0 Å². The normalized spacial score (nSPS) is 10.2. The molecule has 0 atom stereocenters. The Morgan fingerprint density at radius 3 is 2.75 bits per heavy atom. The third-order valence-corrected chi connectivity index (χ3v) is 1.50. The fourth-order valence-electron chi connectivity index (χ4n) is 0.911. The van der Waals surface area contributed by atoms with E-state index in [1.54, 1.807) is 18.2 Å². The lowest BCUT2D eigenvalue weighted by atomic mass is 10.2. The van der Waals surface area contributed by atoms with E-state index in [2.05, 4.69) is 10.7 Å². The minimum Gasteiger partial charge on any atom is -0.299 e. The van der Waals surface area contributed by atoms with Crippen molar-refractivity contribution in [3.05, 3.63) is 35.6 Å². The highest BCUT2D eigenvalue weighted by Crippen LogP contribution is 2.04. The number of benzene rings is 1. The third kappa shape index (κ3) is 2.58. The molecule has 0 unspecified atom stereocenters. The summed E-state index contributed by atoms with van der Waals surface area (Å²) in [5.74, 6) is 4.83. The van der Waals surface area contributed by atoms with Crippen molar-refractivity contribution in [1.29, 1.82) is 0 Å². The minimum atomic E-state index is -0.193. The second kappa shape index (κ2) is 4.82. The molecule has 0 aliphatic heterocycles. The molecule has 0 aromatic heterocycles. The van der Waals surface area contributed by atoms with Gasteiger partial charge in [0.05, 0.1) is 6.67 Å². The van der Waals surface area contributed by atoms with Crippen LogP contribution in [0, 0.1) is 5.82 Å². The summed E-state index contributed by atoms with van der Waals surface area (Å²) >= 11 is 0. The zero-order valence-electron chi connectivity index (χ0n) is 6.68. The number of rotatable bonds is 4. The molecular weight excluding hydrogens is 157 g/mol. The number of hydrogen-bond acceptors (Lipinski definition) is 3. The standard InChI is InChI=1S/C8H12FN3/c9-8-4-2-1-3-7(8)5-11-6-12-10/h1-4,11-12H,5-6,10H2. The zero-order valence-corrected chi connectivity index (χ0v) is 6.68. The predicted molar refractivity (Wildman–Crippen MR) is 45.4 cm³/mol. The summed E-state index contributed by atoms with van der Waals surface area (Å²) < 4.78 is 12.9. The fourth-order valence-corrected chi connectivity index (χ4v) is 0.911. The van der Waals surface area contributed by atoms with Crippen LogP contribution in [-0.4, -0.2) is 6.67 Å². The quantitative estimate of drug-likeness (QED) is 0.263. The van der Waals surface area contributed by atoms with Gasteiger partial charge < -0.3 is 0 Å². The second-order valence-electron chi connectivity index (χ2n) is 2.40. The Hall–Kier alpha value is -0.970. The topological polar surface area (TPSA) is 50.1 Å². The molecule has 0 aliphatic carbocycles. The van der Waals surface area contributed by atoms with Crippen molar-refractivity contribution in [1.82, 2.24) is 10.7 Å². The van der Waals surface area contributed by atoms with E-state index in [4.69, 9.17) is 5.84 Å². The first-order valence-corrected chi connectivity index (χ1v) is 3.72. The SMILES string of the molecule is NNCNCc1ccccc1F. The van der Waals surface area contributed by atoms with Gasteiger partial charge in [-0.3, -0.25) is 11.2 Å². The maximum atomic E-state index is 12.9. The average molecular weight is 169 g/mol. The molecule has 0 bridgehead atoms. The molecule has 0 saturated heterocycles. The van der Waals surface area contributed by atoms with Gasteiger partial charge in [-0.2, -0.15) is 0 Å². The largest absolute Gasteiger partial charge is 0.299 e. The fraction of sp³-hybridized carbons (Fsp3) is 0.250. The summed E-state index contributed by atoms with van der Waals surface area (Å²) in [5, 5.41) is 2.92. The smallest absolute Gasteiger partial charge is 0.127 e. The summed E-state index contributed by atoms with van der Waals surface area (Å²) in [5.41, 5.74) is 3.07. The minimum absolute atomic E-state index is 0.193. The highest BCUT2D eigenvalue weighted by atomic mass is 19.1. The van der Waals surface area contributed by atoms with E-state index in [0.29, 0.717) is 18.8 Å². The van der Waals surface area contributed by atoms with Gasteiger partial charge in [0.25, 0.3) is 0 Å². The predicted octanol–water partition coefficient (Wildman–Crippen LogP) is 0.336. The Labute approximate surface area is 70.7 Å². The van der Waals surface area contributed by atoms with Gasteiger partial charge >= 0.3 is 0 Å². The zero-order chi connectivity index (χ0) is 8.81. The molecular formula is C8H12FN3. The summed E-state index contributed by atoms with van der Waals surface area (Å²) in [6.45, 7) is 0.950. The molecule has 12 heavy (non-hydrogen) atoms. The van der Waals surface area contributed by atoms with Crippen LogP contribution in [0.5, 0.6) is 0 Å². The van der Waals surface area contributed by atoms with E-state index >= 15 is 0 Å². The maximum Gasteiger partial charge on any atom is 0.127 e. The van der Waals surface area contributed by atoms with Crippen LogP contribution in [-0.2, 0) is 6.54 Å². The third-order valence-electron chi connectivity index (χ3n) is 1.50. The van der Waals surface area contributed by atoms with Crippen molar-refractivity contribution in [2.75, 3.05) is 6.67 Å². The summed E-state index contributed by atoms with van der Waals surface area (Å²) in [7, 11) is 0. The molecule has 1 aromatic carbocycles. The highest BCUT2D eigenvalue weighted by molar-refractivity contribution is 5.16. The Morgan fingerprint density at radius 1 is 1.33 bits per heavy atom. The van der Waals surface area contributed by atoms with Gasteiger partial charge in [-0.15, -0.1) is 0 Å². The van der Waals surface area contributed by atoms with Crippen molar-refractivity contribution in [3.8, 4) is 0 Å². The molecule has 0 spiro atoms. The van der Waals surface area contributed by atoms with Crippen LogP contribution < -0.4 is 16.6 Å². The Morgan fingerprint density at radius 2 is 2.08 bits per heavy atom. The van der Waals surface area contributed by atoms with Gasteiger partial charge in [0.1, 0.15) is 5.82 Å². The highest BCUT2D eigenvalue weighted by Gasteiger charge is 1.97. The molecule has 1 rings (SSSR count). The second-order valence-corrected chi connectivity index (χ2v) is 2.40. The van der Waals surface area contributed by atoms with Crippen LogP contribution in [0.4, 0.5) is 4.39 Å². The van der Waals surface area contributed by atoms with Gasteiger partial charge in [0.15, 0.2) is 0 Å². The summed E-state index contributed by atoms with van der Waals surface area (Å²) in [6, 6.07) is 6.64. The lowest BCUT2D eigenvalue weighted by Gasteiger charge is -2.03. The van der Waals surface area contributed by atoms with Crippen LogP contribution in [0.2, 0.25) is 0 Å². The molecule has 1 aromatic rings. The lowest BCUT2D eigenvalue weighted by Crippen LogP contribution is -2.33. The van der Waals surface area contributed by atoms with Gasteiger partial charge in [0.2, 0.25) is 0 Å². The Balaban J connectivity index is 2.46. The summed E-state index contributed by atoms with van der Waals surface area (Å²) in [6.07, 6.45) is 0. The molecule has 4 heteroatoms. The molecule has 0 heterocycles. The first-order valence-electron chi connectivity index (χ1n) is 3.72. The monoisotopic (exact) mass is 169 g/mol. The van der Waals surface area contributed by atoms with E-state index < -0.39 is 0 Å². The first-order chi connectivity index (χ1) is 5.84. The van der Waals surface area contributed by atoms with Crippen molar-refractivity contribution in [2.45, 2.75) is 6.54 Å². The van der Waals surface area contributed by atoms with Crippen LogP contribution in [0.3, 0.4) is 0 Å². The van der Waals surface area contributed by atoms with Gasteiger partial charge in [-0.1, -0.05) is 18.2 Å². The molecule has 4 N–H and O–H groups in total.